The molecule has 1 atom stereocenters. The van der Waals surface area contributed by atoms with Crippen LogP contribution in [0.4, 0.5) is 0 Å². The molecule has 6 nitrogen and oxygen atoms in total. The molecule has 1 saturated heterocycles. The Hall–Kier alpha value is -1.49. The SMILES string of the molecule is N#Cc1cccnc1S(=O)(=O)NC[C@H]1CCCCN1. The average molecular weight is 280 g/mol. The molecule has 19 heavy (non-hydrogen) atoms. The Balaban J connectivity index is 2.07. The number of pyridine rings is 1. The molecular formula is C12H16N4O2S. The molecule has 1 aliphatic heterocycles. The molecule has 102 valence electrons. The van der Waals surface area contributed by atoms with Gasteiger partial charge in [0.1, 0.15) is 6.07 Å². The highest BCUT2D eigenvalue weighted by atomic mass is 32.2. The molecule has 0 saturated carbocycles. The summed E-state index contributed by atoms with van der Waals surface area (Å²) in [7, 11) is -3.73. The summed E-state index contributed by atoms with van der Waals surface area (Å²) >= 11 is 0. The molecule has 2 heterocycles. The van der Waals surface area contributed by atoms with Crippen molar-refractivity contribution in [3.05, 3.63) is 23.9 Å². The Kier molecular flexibility index (Phi) is 4.47. The van der Waals surface area contributed by atoms with Gasteiger partial charge in [0.2, 0.25) is 0 Å². The third kappa shape index (κ3) is 3.50. The van der Waals surface area contributed by atoms with Gasteiger partial charge >= 0.3 is 0 Å². The summed E-state index contributed by atoms with van der Waals surface area (Å²) in [5, 5.41) is 12.0. The van der Waals surface area contributed by atoms with Gasteiger partial charge in [-0.3, -0.25) is 0 Å². The van der Waals surface area contributed by atoms with Crippen LogP contribution in [-0.4, -0.2) is 32.5 Å². The summed E-state index contributed by atoms with van der Waals surface area (Å²) in [5.74, 6) is 0. The van der Waals surface area contributed by atoms with Gasteiger partial charge in [-0.15, -0.1) is 0 Å². The van der Waals surface area contributed by atoms with Gasteiger partial charge in [0.25, 0.3) is 10.0 Å². The summed E-state index contributed by atoms with van der Waals surface area (Å²) < 4.78 is 26.7. The second-order valence-electron chi connectivity index (χ2n) is 4.47. The molecule has 1 fully saturated rings. The van der Waals surface area contributed by atoms with Gasteiger partial charge in [0, 0.05) is 18.8 Å². The lowest BCUT2D eigenvalue weighted by molar-refractivity contribution is 0.398. The van der Waals surface area contributed by atoms with E-state index in [4.69, 9.17) is 5.26 Å². The van der Waals surface area contributed by atoms with Crippen LogP contribution < -0.4 is 10.0 Å². The minimum atomic E-state index is -3.73. The van der Waals surface area contributed by atoms with Crippen molar-refractivity contribution in [1.29, 1.82) is 5.26 Å². The van der Waals surface area contributed by atoms with Crippen LogP contribution in [0.5, 0.6) is 0 Å². The topological polar surface area (TPSA) is 94.9 Å². The van der Waals surface area contributed by atoms with E-state index in [1.54, 1.807) is 6.07 Å². The van der Waals surface area contributed by atoms with Gasteiger partial charge in [0.05, 0.1) is 5.56 Å². The predicted octanol–water partition coefficient (Wildman–Crippen LogP) is 0.374. The monoisotopic (exact) mass is 280 g/mol. The first kappa shape index (κ1) is 13.9. The van der Waals surface area contributed by atoms with Crippen LogP contribution in [0, 0.1) is 11.3 Å². The first-order valence-electron chi connectivity index (χ1n) is 6.21. The van der Waals surface area contributed by atoms with E-state index in [9.17, 15) is 8.42 Å². The van der Waals surface area contributed by atoms with Gasteiger partial charge in [0.15, 0.2) is 5.03 Å². The Bertz CT molecular complexity index is 574. The van der Waals surface area contributed by atoms with Crippen molar-refractivity contribution in [1.82, 2.24) is 15.0 Å². The molecule has 0 bridgehead atoms. The molecule has 2 rings (SSSR count). The summed E-state index contributed by atoms with van der Waals surface area (Å²) in [4.78, 5) is 3.79. The van der Waals surface area contributed by atoms with Crippen LogP contribution in [0.15, 0.2) is 23.4 Å². The number of piperidine rings is 1. The molecule has 1 aromatic heterocycles. The van der Waals surface area contributed by atoms with Gasteiger partial charge in [-0.2, -0.15) is 5.26 Å². The molecule has 0 amide bonds. The summed E-state index contributed by atoms with van der Waals surface area (Å²) in [6.45, 7) is 1.24. The van der Waals surface area contributed by atoms with Crippen LogP contribution in [-0.2, 0) is 10.0 Å². The van der Waals surface area contributed by atoms with Crippen LogP contribution in [0.25, 0.3) is 0 Å². The minimum absolute atomic E-state index is 0.0617. The van der Waals surface area contributed by atoms with E-state index in [2.05, 4.69) is 15.0 Å². The quantitative estimate of drug-likeness (QED) is 0.831. The fourth-order valence-corrected chi connectivity index (χ4v) is 3.23. The molecule has 0 unspecified atom stereocenters. The predicted molar refractivity (Wildman–Crippen MR) is 69.8 cm³/mol. The molecular weight excluding hydrogens is 264 g/mol. The Labute approximate surface area is 112 Å². The molecule has 2 N–H and O–H groups in total. The lowest BCUT2D eigenvalue weighted by Gasteiger charge is -2.23. The fraction of sp³-hybridized carbons (Fsp3) is 0.500. The highest BCUT2D eigenvalue weighted by Gasteiger charge is 2.22. The maximum absolute atomic E-state index is 12.1. The van der Waals surface area contributed by atoms with Crippen molar-refractivity contribution in [2.75, 3.05) is 13.1 Å². The Morgan fingerprint density at radius 3 is 3.05 bits per heavy atom. The number of hydrogen-bond donors (Lipinski definition) is 2. The van der Waals surface area contributed by atoms with E-state index in [0.29, 0.717) is 6.54 Å². The zero-order valence-electron chi connectivity index (χ0n) is 10.5. The minimum Gasteiger partial charge on any atom is -0.313 e. The van der Waals surface area contributed by atoms with E-state index < -0.39 is 10.0 Å². The smallest absolute Gasteiger partial charge is 0.259 e. The number of nitriles is 1. The third-order valence-corrected chi connectivity index (χ3v) is 4.46. The second kappa shape index (κ2) is 6.10. The third-order valence-electron chi connectivity index (χ3n) is 3.08. The zero-order chi connectivity index (χ0) is 13.7. The van der Waals surface area contributed by atoms with E-state index >= 15 is 0 Å². The maximum Gasteiger partial charge on any atom is 0.259 e. The summed E-state index contributed by atoms with van der Waals surface area (Å²) in [5.41, 5.74) is 0.0617. The normalized spacial score (nSPS) is 19.8. The maximum atomic E-state index is 12.1. The molecule has 0 spiro atoms. The van der Waals surface area contributed by atoms with Crippen LogP contribution >= 0.6 is 0 Å². The number of rotatable bonds is 4. The van der Waals surface area contributed by atoms with Gasteiger partial charge in [-0.1, -0.05) is 6.42 Å². The van der Waals surface area contributed by atoms with Crippen LogP contribution in [0.3, 0.4) is 0 Å². The molecule has 7 heteroatoms. The summed E-state index contributed by atoms with van der Waals surface area (Å²) in [6.07, 6.45) is 4.55. The van der Waals surface area contributed by atoms with E-state index in [1.165, 1.54) is 12.3 Å². The lowest BCUT2D eigenvalue weighted by Crippen LogP contribution is -2.43. The highest BCUT2D eigenvalue weighted by molar-refractivity contribution is 7.89. The molecule has 0 radical (unpaired) electrons. The van der Waals surface area contributed by atoms with Crippen molar-refractivity contribution < 1.29 is 8.42 Å². The summed E-state index contributed by atoms with van der Waals surface area (Å²) in [6, 6.07) is 4.98. The number of aromatic nitrogens is 1. The van der Waals surface area contributed by atoms with Crippen molar-refractivity contribution >= 4 is 10.0 Å². The van der Waals surface area contributed by atoms with Crippen LogP contribution in [0.1, 0.15) is 24.8 Å². The van der Waals surface area contributed by atoms with E-state index in [0.717, 1.165) is 25.8 Å². The van der Waals surface area contributed by atoms with Crippen molar-refractivity contribution in [2.45, 2.75) is 30.3 Å². The first-order chi connectivity index (χ1) is 9.13. The lowest BCUT2D eigenvalue weighted by atomic mass is 10.1. The van der Waals surface area contributed by atoms with Crippen molar-refractivity contribution in [3.63, 3.8) is 0 Å². The van der Waals surface area contributed by atoms with E-state index in [-0.39, 0.29) is 16.6 Å². The fourth-order valence-electron chi connectivity index (χ4n) is 2.07. The molecule has 1 aromatic rings. The van der Waals surface area contributed by atoms with Crippen molar-refractivity contribution in [3.8, 4) is 6.07 Å². The second-order valence-corrected chi connectivity index (χ2v) is 6.15. The molecule has 0 aromatic carbocycles. The Morgan fingerprint density at radius 2 is 2.37 bits per heavy atom. The molecule has 0 aliphatic carbocycles. The molecule has 1 aliphatic rings. The van der Waals surface area contributed by atoms with Crippen LogP contribution in [0.2, 0.25) is 0 Å². The highest BCUT2D eigenvalue weighted by Crippen LogP contribution is 2.12. The number of sulfonamides is 1. The number of nitrogens with zero attached hydrogens (tertiary/aromatic N) is 2. The van der Waals surface area contributed by atoms with E-state index in [1.807, 2.05) is 6.07 Å². The number of nitrogens with one attached hydrogen (secondary N) is 2. The standard InChI is InChI=1S/C12H16N4O2S/c13-8-10-4-3-7-15-12(10)19(17,18)16-9-11-5-1-2-6-14-11/h3-4,7,11,14,16H,1-2,5-6,9H2/t11-/m1/s1. The van der Waals surface area contributed by atoms with Gasteiger partial charge < -0.3 is 5.32 Å². The largest absolute Gasteiger partial charge is 0.313 e. The first-order valence-corrected chi connectivity index (χ1v) is 7.70. The zero-order valence-corrected chi connectivity index (χ0v) is 11.3. The number of hydrogen-bond acceptors (Lipinski definition) is 5. The van der Waals surface area contributed by atoms with Gasteiger partial charge in [-0.25, -0.2) is 18.1 Å². The van der Waals surface area contributed by atoms with Crippen molar-refractivity contribution in [2.24, 2.45) is 0 Å². The average Bonchev–Trinajstić information content (AvgIpc) is 2.46. The Morgan fingerprint density at radius 1 is 1.53 bits per heavy atom. The van der Waals surface area contributed by atoms with Gasteiger partial charge in [-0.05, 0) is 31.5 Å².